The van der Waals surface area contributed by atoms with E-state index < -0.39 is 0 Å². The van der Waals surface area contributed by atoms with Gasteiger partial charge in [0.2, 0.25) is 0 Å². The predicted octanol–water partition coefficient (Wildman–Crippen LogP) is 6.78. The molecule has 0 heterocycles. The number of benzene rings is 2. The normalized spacial score (nSPS) is 22.5. The molecule has 0 bridgehead atoms. The molecule has 152 valence electrons. The molecule has 0 aromatic heterocycles. The largest absolute Gasteiger partial charge is 0.294 e. The minimum atomic E-state index is -0.141. The highest BCUT2D eigenvalue weighted by molar-refractivity contribution is 6.00. The number of hydrogen-bond donors (Lipinski definition) is 0. The van der Waals surface area contributed by atoms with Gasteiger partial charge in [0.15, 0.2) is 11.6 Å². The molecule has 1 fully saturated rings. The Morgan fingerprint density at radius 2 is 1.48 bits per heavy atom. The van der Waals surface area contributed by atoms with Gasteiger partial charge in [-0.25, -0.2) is 0 Å². The summed E-state index contributed by atoms with van der Waals surface area (Å²) in [4.78, 5) is 26.4. The summed E-state index contributed by atoms with van der Waals surface area (Å²) in [5, 5.41) is 0. The molecule has 3 atom stereocenters. The van der Waals surface area contributed by atoms with Gasteiger partial charge in [-0.05, 0) is 30.1 Å². The first-order valence-corrected chi connectivity index (χ1v) is 10.7. The first kappa shape index (κ1) is 21.2. The fourth-order valence-corrected chi connectivity index (χ4v) is 4.37. The smallest absolute Gasteiger partial charge is 0.166 e. The van der Waals surface area contributed by atoms with Crippen LogP contribution in [0.3, 0.4) is 0 Å². The summed E-state index contributed by atoms with van der Waals surface area (Å²) in [5.74, 6) is 0.446. The SMILES string of the molecule is CC(C)(C)/C=C/[C@H]1CCC[C@@H](CC(=O)c2ccccc2)[C@@H]1C(=O)c1ccccc1. The first-order valence-electron chi connectivity index (χ1n) is 10.7. The molecule has 0 aliphatic heterocycles. The van der Waals surface area contributed by atoms with E-state index in [9.17, 15) is 9.59 Å². The number of allylic oxidation sites excluding steroid dienone is 2. The summed E-state index contributed by atoms with van der Waals surface area (Å²) in [6, 6.07) is 19.0. The lowest BCUT2D eigenvalue weighted by atomic mass is 9.66. The maximum Gasteiger partial charge on any atom is 0.166 e. The van der Waals surface area contributed by atoms with E-state index in [2.05, 4.69) is 32.9 Å². The summed E-state index contributed by atoms with van der Waals surface area (Å²) >= 11 is 0. The number of carbonyl (C=O) groups is 2. The zero-order chi connectivity index (χ0) is 20.9. The Morgan fingerprint density at radius 1 is 0.897 bits per heavy atom. The van der Waals surface area contributed by atoms with Crippen LogP contribution in [0.2, 0.25) is 0 Å². The van der Waals surface area contributed by atoms with Gasteiger partial charge in [0.25, 0.3) is 0 Å². The van der Waals surface area contributed by atoms with Crippen LogP contribution in [0.5, 0.6) is 0 Å². The average molecular weight is 389 g/mol. The highest BCUT2D eigenvalue weighted by Gasteiger charge is 2.38. The van der Waals surface area contributed by atoms with Crippen molar-refractivity contribution in [3.05, 3.63) is 83.9 Å². The molecule has 3 rings (SSSR count). The van der Waals surface area contributed by atoms with Crippen LogP contribution in [0.25, 0.3) is 0 Å². The van der Waals surface area contributed by atoms with Crippen molar-refractivity contribution in [3.8, 4) is 0 Å². The van der Waals surface area contributed by atoms with Crippen molar-refractivity contribution in [1.82, 2.24) is 0 Å². The van der Waals surface area contributed by atoms with Gasteiger partial charge < -0.3 is 0 Å². The van der Waals surface area contributed by atoms with E-state index in [1.165, 1.54) is 0 Å². The van der Waals surface area contributed by atoms with Crippen molar-refractivity contribution in [2.75, 3.05) is 0 Å². The van der Waals surface area contributed by atoms with E-state index in [0.717, 1.165) is 30.4 Å². The number of rotatable bonds is 6. The Labute approximate surface area is 175 Å². The van der Waals surface area contributed by atoms with Gasteiger partial charge in [-0.3, -0.25) is 9.59 Å². The molecule has 1 saturated carbocycles. The third kappa shape index (κ3) is 5.76. The minimum Gasteiger partial charge on any atom is -0.294 e. The lowest BCUT2D eigenvalue weighted by molar-refractivity contribution is 0.0723. The highest BCUT2D eigenvalue weighted by atomic mass is 16.1. The van der Waals surface area contributed by atoms with Crippen LogP contribution >= 0.6 is 0 Å². The summed E-state index contributed by atoms with van der Waals surface area (Å²) in [6.45, 7) is 6.53. The molecule has 1 aliphatic carbocycles. The molecule has 0 spiro atoms. The van der Waals surface area contributed by atoms with Gasteiger partial charge in [0, 0.05) is 23.5 Å². The molecule has 0 unspecified atom stereocenters. The van der Waals surface area contributed by atoms with E-state index in [4.69, 9.17) is 0 Å². The van der Waals surface area contributed by atoms with Crippen LogP contribution in [0, 0.1) is 23.2 Å². The topological polar surface area (TPSA) is 34.1 Å². The van der Waals surface area contributed by atoms with E-state index >= 15 is 0 Å². The van der Waals surface area contributed by atoms with Gasteiger partial charge >= 0.3 is 0 Å². The van der Waals surface area contributed by atoms with Gasteiger partial charge in [-0.1, -0.05) is 100 Å². The van der Waals surface area contributed by atoms with Gasteiger partial charge in [0.1, 0.15) is 0 Å². The third-order valence-corrected chi connectivity index (χ3v) is 5.83. The molecule has 2 aromatic carbocycles. The summed E-state index contributed by atoms with van der Waals surface area (Å²) in [6.07, 6.45) is 7.90. The Morgan fingerprint density at radius 3 is 2.07 bits per heavy atom. The first-order chi connectivity index (χ1) is 13.8. The Bertz CT molecular complexity index is 843. The van der Waals surface area contributed by atoms with Crippen LogP contribution in [0.1, 0.15) is 67.2 Å². The zero-order valence-electron chi connectivity index (χ0n) is 17.8. The van der Waals surface area contributed by atoms with E-state index in [0.29, 0.717) is 6.42 Å². The second kappa shape index (κ2) is 9.35. The molecular formula is C27H32O2. The maximum absolute atomic E-state index is 13.5. The fourth-order valence-electron chi connectivity index (χ4n) is 4.37. The zero-order valence-corrected chi connectivity index (χ0v) is 17.8. The summed E-state index contributed by atoms with van der Waals surface area (Å²) in [7, 11) is 0. The lowest BCUT2D eigenvalue weighted by Gasteiger charge is -2.36. The molecule has 0 saturated heterocycles. The van der Waals surface area contributed by atoms with Crippen LogP contribution < -0.4 is 0 Å². The summed E-state index contributed by atoms with van der Waals surface area (Å²) < 4.78 is 0. The second-order valence-electron chi connectivity index (χ2n) is 9.33. The van der Waals surface area contributed by atoms with Crippen molar-refractivity contribution in [2.45, 2.75) is 46.5 Å². The Hall–Kier alpha value is -2.48. The van der Waals surface area contributed by atoms with E-state index in [1.807, 2.05) is 60.7 Å². The Kier molecular flexibility index (Phi) is 6.84. The van der Waals surface area contributed by atoms with Crippen LogP contribution in [0.15, 0.2) is 72.8 Å². The number of ketones is 2. The third-order valence-electron chi connectivity index (χ3n) is 5.83. The van der Waals surface area contributed by atoms with Crippen molar-refractivity contribution < 1.29 is 9.59 Å². The molecule has 0 N–H and O–H groups in total. The molecular weight excluding hydrogens is 356 g/mol. The number of Topliss-reactive ketones (excluding diaryl/α,β-unsaturated/α-hetero) is 2. The van der Waals surface area contributed by atoms with Gasteiger partial charge in [-0.2, -0.15) is 0 Å². The predicted molar refractivity (Wildman–Crippen MR) is 119 cm³/mol. The molecule has 2 heteroatoms. The van der Waals surface area contributed by atoms with Crippen molar-refractivity contribution >= 4 is 11.6 Å². The molecule has 2 aromatic rings. The molecule has 0 radical (unpaired) electrons. The number of carbonyl (C=O) groups excluding carboxylic acids is 2. The van der Waals surface area contributed by atoms with Gasteiger partial charge in [0.05, 0.1) is 0 Å². The standard InChI is InChI=1S/C27H32O2/c1-27(2,3)18-17-21-15-10-16-23(19-24(28)20-11-6-4-7-12-20)25(21)26(29)22-13-8-5-9-14-22/h4-9,11-14,17-18,21,23,25H,10,15-16,19H2,1-3H3/b18-17+/t21-,23+,25-/m1/s1. The molecule has 2 nitrogen and oxygen atoms in total. The fraction of sp³-hybridized carbons (Fsp3) is 0.407. The lowest BCUT2D eigenvalue weighted by Crippen LogP contribution is -2.35. The maximum atomic E-state index is 13.5. The van der Waals surface area contributed by atoms with Crippen LogP contribution in [-0.2, 0) is 0 Å². The van der Waals surface area contributed by atoms with Crippen molar-refractivity contribution in [2.24, 2.45) is 23.2 Å². The molecule has 0 amide bonds. The van der Waals surface area contributed by atoms with E-state index in [-0.39, 0.29) is 34.7 Å². The molecule has 29 heavy (non-hydrogen) atoms. The Balaban J connectivity index is 1.89. The van der Waals surface area contributed by atoms with Crippen molar-refractivity contribution in [3.63, 3.8) is 0 Å². The highest BCUT2D eigenvalue weighted by Crippen LogP contribution is 2.41. The molecule has 1 aliphatic rings. The summed E-state index contributed by atoms with van der Waals surface area (Å²) in [5.41, 5.74) is 1.57. The average Bonchev–Trinajstić information content (AvgIpc) is 2.72. The van der Waals surface area contributed by atoms with E-state index in [1.54, 1.807) is 0 Å². The monoisotopic (exact) mass is 388 g/mol. The van der Waals surface area contributed by atoms with Crippen LogP contribution in [0.4, 0.5) is 0 Å². The second-order valence-corrected chi connectivity index (χ2v) is 9.33. The quantitative estimate of drug-likeness (QED) is 0.404. The number of hydrogen-bond acceptors (Lipinski definition) is 2. The van der Waals surface area contributed by atoms with Crippen molar-refractivity contribution in [1.29, 1.82) is 0 Å². The van der Waals surface area contributed by atoms with Crippen LogP contribution in [-0.4, -0.2) is 11.6 Å². The minimum absolute atomic E-state index is 0.0765. The van der Waals surface area contributed by atoms with Gasteiger partial charge in [-0.15, -0.1) is 0 Å².